The highest BCUT2D eigenvalue weighted by molar-refractivity contribution is 6.22. The molecule has 0 N–H and O–H groups in total. The van der Waals surface area contributed by atoms with Gasteiger partial charge in [-0.15, -0.1) is 0 Å². The Morgan fingerprint density at radius 3 is 1.73 bits per heavy atom. The zero-order chi connectivity index (χ0) is 17.7. The summed E-state index contributed by atoms with van der Waals surface area (Å²) in [5, 5.41) is 18.4. The highest BCUT2D eigenvalue weighted by atomic mass is 14.6. The minimum atomic E-state index is 0.664. The summed E-state index contributed by atoms with van der Waals surface area (Å²) in [7, 11) is 0. The van der Waals surface area contributed by atoms with Crippen molar-refractivity contribution in [1.29, 1.82) is 5.26 Å². The molecule has 0 saturated carbocycles. The van der Waals surface area contributed by atoms with E-state index in [1.54, 1.807) is 0 Å². The smallest absolute Gasteiger partial charge is 0.187 e. The molecule has 5 rings (SSSR count). The van der Waals surface area contributed by atoms with Gasteiger partial charge in [-0.25, -0.2) is 4.85 Å². The second-order valence-electron chi connectivity index (χ2n) is 6.45. The maximum Gasteiger partial charge on any atom is 0.187 e. The second kappa shape index (κ2) is 5.31. The van der Waals surface area contributed by atoms with Crippen molar-refractivity contribution < 1.29 is 0 Å². The summed E-state index contributed by atoms with van der Waals surface area (Å²) in [4.78, 5) is 3.53. The Hall–Kier alpha value is -3.88. The minimum Gasteiger partial charge on any atom is -0.238 e. The van der Waals surface area contributed by atoms with Gasteiger partial charge in [0.05, 0.1) is 18.2 Å². The normalized spacial score (nSPS) is 11.0. The van der Waals surface area contributed by atoms with Gasteiger partial charge in [0.25, 0.3) is 0 Å². The summed E-state index contributed by atoms with van der Waals surface area (Å²) >= 11 is 0. The zero-order valence-electron chi connectivity index (χ0n) is 13.8. The van der Waals surface area contributed by atoms with E-state index in [1.807, 2.05) is 36.4 Å². The van der Waals surface area contributed by atoms with Crippen LogP contribution in [0.5, 0.6) is 0 Å². The van der Waals surface area contributed by atoms with E-state index in [1.165, 1.54) is 21.5 Å². The van der Waals surface area contributed by atoms with Crippen molar-refractivity contribution in [3.8, 4) is 6.07 Å². The standard InChI is InChI=1S/C24H12N2/c1-26-18-5-9-20-17(13-18)4-8-24-22(20)11-10-21-19-6-2-15(14-25)12-16(19)3-7-23(21)24/h2-13H. The van der Waals surface area contributed by atoms with Crippen molar-refractivity contribution in [2.24, 2.45) is 0 Å². The minimum absolute atomic E-state index is 0.664. The molecule has 118 valence electrons. The number of fused-ring (bicyclic) bond motifs is 7. The first-order chi connectivity index (χ1) is 12.8. The zero-order valence-corrected chi connectivity index (χ0v) is 13.8. The van der Waals surface area contributed by atoms with Gasteiger partial charge in [0.2, 0.25) is 0 Å². The highest BCUT2D eigenvalue weighted by Gasteiger charge is 2.08. The fourth-order valence-electron chi connectivity index (χ4n) is 3.83. The fourth-order valence-corrected chi connectivity index (χ4v) is 3.83. The Morgan fingerprint density at radius 1 is 0.615 bits per heavy atom. The van der Waals surface area contributed by atoms with E-state index < -0.39 is 0 Å². The molecule has 0 heterocycles. The van der Waals surface area contributed by atoms with E-state index in [4.69, 9.17) is 11.8 Å². The third-order valence-corrected chi connectivity index (χ3v) is 5.07. The molecule has 26 heavy (non-hydrogen) atoms. The molecular formula is C24H12N2. The number of rotatable bonds is 0. The molecule has 0 bridgehead atoms. The van der Waals surface area contributed by atoms with Crippen LogP contribution < -0.4 is 0 Å². The Bertz CT molecular complexity index is 1330. The molecule has 0 aliphatic carbocycles. The van der Waals surface area contributed by atoms with Crippen LogP contribution in [0.25, 0.3) is 47.9 Å². The topological polar surface area (TPSA) is 28.1 Å². The molecule has 2 nitrogen and oxygen atoms in total. The van der Waals surface area contributed by atoms with Crippen LogP contribution in [0.3, 0.4) is 0 Å². The molecule has 0 atom stereocenters. The number of hydrogen-bond acceptors (Lipinski definition) is 1. The fraction of sp³-hybridized carbons (Fsp3) is 0. The van der Waals surface area contributed by atoms with E-state index in [0.29, 0.717) is 11.3 Å². The van der Waals surface area contributed by atoms with Crippen LogP contribution in [0.2, 0.25) is 0 Å². The first kappa shape index (κ1) is 14.5. The quantitative estimate of drug-likeness (QED) is 0.229. The SMILES string of the molecule is [C-]#[N+]c1ccc2c(ccc3c2ccc2c4ccc(C#N)cc4ccc23)c1. The molecule has 0 saturated heterocycles. The van der Waals surface area contributed by atoms with Crippen molar-refractivity contribution in [2.75, 3.05) is 0 Å². The van der Waals surface area contributed by atoms with Gasteiger partial charge >= 0.3 is 0 Å². The van der Waals surface area contributed by atoms with Crippen molar-refractivity contribution in [2.45, 2.75) is 0 Å². The Labute approximate surface area is 150 Å². The van der Waals surface area contributed by atoms with Gasteiger partial charge in [0.1, 0.15) is 0 Å². The predicted octanol–water partition coefficient (Wildman–Crippen LogP) is 6.72. The van der Waals surface area contributed by atoms with Gasteiger partial charge in [-0.05, 0) is 61.3 Å². The third kappa shape index (κ3) is 1.97. The van der Waals surface area contributed by atoms with Crippen LogP contribution in [0, 0.1) is 17.9 Å². The molecule has 0 aliphatic heterocycles. The molecular weight excluding hydrogens is 316 g/mol. The van der Waals surface area contributed by atoms with Crippen molar-refractivity contribution in [3.63, 3.8) is 0 Å². The molecule has 5 aromatic rings. The second-order valence-corrected chi connectivity index (χ2v) is 6.45. The average molecular weight is 328 g/mol. The number of benzene rings is 5. The summed E-state index contributed by atoms with van der Waals surface area (Å²) in [5.74, 6) is 0. The summed E-state index contributed by atoms with van der Waals surface area (Å²) in [5.41, 5.74) is 1.34. The van der Waals surface area contributed by atoms with E-state index >= 15 is 0 Å². The number of nitriles is 1. The molecule has 0 spiro atoms. The molecule has 0 unspecified atom stereocenters. The molecule has 2 heteroatoms. The lowest BCUT2D eigenvalue weighted by atomic mass is 9.94. The average Bonchev–Trinajstić information content (AvgIpc) is 2.71. The summed E-state index contributed by atoms with van der Waals surface area (Å²) < 4.78 is 0. The van der Waals surface area contributed by atoms with Crippen molar-refractivity contribution in [1.82, 2.24) is 0 Å². The monoisotopic (exact) mass is 328 g/mol. The Morgan fingerprint density at radius 2 is 1.12 bits per heavy atom. The van der Waals surface area contributed by atoms with Gasteiger partial charge in [-0.1, -0.05) is 54.6 Å². The first-order valence-corrected chi connectivity index (χ1v) is 8.38. The molecule has 0 amide bonds. The van der Waals surface area contributed by atoms with Gasteiger partial charge < -0.3 is 0 Å². The molecule has 0 aliphatic rings. The molecule has 0 aromatic heterocycles. The molecule has 0 radical (unpaired) electrons. The van der Waals surface area contributed by atoms with Crippen molar-refractivity contribution >= 4 is 48.8 Å². The van der Waals surface area contributed by atoms with Gasteiger partial charge in [0, 0.05) is 0 Å². The maximum atomic E-state index is 9.12. The van der Waals surface area contributed by atoms with Gasteiger partial charge in [0.15, 0.2) is 5.69 Å². The lowest BCUT2D eigenvalue weighted by Crippen LogP contribution is -1.83. The third-order valence-electron chi connectivity index (χ3n) is 5.07. The molecule has 5 aromatic carbocycles. The van der Waals surface area contributed by atoms with Crippen LogP contribution >= 0.6 is 0 Å². The first-order valence-electron chi connectivity index (χ1n) is 8.38. The predicted molar refractivity (Wildman–Crippen MR) is 107 cm³/mol. The number of nitrogens with zero attached hydrogens (tertiary/aromatic N) is 2. The van der Waals surface area contributed by atoms with E-state index in [9.17, 15) is 0 Å². The lowest BCUT2D eigenvalue weighted by molar-refractivity contribution is 1.50. The van der Waals surface area contributed by atoms with Crippen LogP contribution in [0.1, 0.15) is 5.56 Å². The lowest BCUT2D eigenvalue weighted by Gasteiger charge is -2.10. The van der Waals surface area contributed by atoms with Gasteiger partial charge in [-0.2, -0.15) is 5.26 Å². The van der Waals surface area contributed by atoms with E-state index in [-0.39, 0.29) is 0 Å². The number of hydrogen-bond donors (Lipinski definition) is 0. The van der Waals surface area contributed by atoms with Crippen molar-refractivity contribution in [3.05, 3.63) is 89.8 Å². The Balaban J connectivity index is 1.90. The summed E-state index contributed by atoms with van der Waals surface area (Å²) in [6.45, 7) is 7.20. The van der Waals surface area contributed by atoms with Crippen LogP contribution in [-0.2, 0) is 0 Å². The summed E-state index contributed by atoms with van der Waals surface area (Å²) in [6, 6.07) is 26.7. The highest BCUT2D eigenvalue weighted by Crippen LogP contribution is 2.35. The van der Waals surface area contributed by atoms with E-state index in [0.717, 1.165) is 21.5 Å². The van der Waals surface area contributed by atoms with Gasteiger partial charge in [-0.3, -0.25) is 0 Å². The van der Waals surface area contributed by atoms with E-state index in [2.05, 4.69) is 47.3 Å². The van der Waals surface area contributed by atoms with Crippen LogP contribution in [0.15, 0.2) is 72.8 Å². The van der Waals surface area contributed by atoms with Crippen LogP contribution in [-0.4, -0.2) is 0 Å². The largest absolute Gasteiger partial charge is 0.238 e. The summed E-state index contributed by atoms with van der Waals surface area (Å²) in [6.07, 6.45) is 0. The maximum absolute atomic E-state index is 9.12. The molecule has 0 fully saturated rings. The van der Waals surface area contributed by atoms with Crippen LogP contribution in [0.4, 0.5) is 5.69 Å². The Kier molecular flexibility index (Phi) is 2.95.